The summed E-state index contributed by atoms with van der Waals surface area (Å²) in [4.78, 5) is 10.5. The number of carbonyl (C=O) groups excluding carboxylic acids is 1. The highest BCUT2D eigenvalue weighted by Crippen LogP contribution is 2.24. The monoisotopic (exact) mass is 282 g/mol. The van der Waals surface area contributed by atoms with Crippen LogP contribution in [0.3, 0.4) is 0 Å². The van der Waals surface area contributed by atoms with Gasteiger partial charge in [0.25, 0.3) is 0 Å². The molecule has 0 amide bonds. The molecular formula is C10H18O9. The lowest BCUT2D eigenvalue weighted by atomic mass is 10.1. The van der Waals surface area contributed by atoms with Crippen molar-refractivity contribution in [2.45, 2.75) is 42.9 Å². The Morgan fingerprint density at radius 2 is 1.84 bits per heavy atom. The van der Waals surface area contributed by atoms with Gasteiger partial charge in [-0.1, -0.05) is 0 Å². The van der Waals surface area contributed by atoms with Crippen molar-refractivity contribution in [3.63, 3.8) is 0 Å². The molecule has 1 aliphatic heterocycles. The second-order valence-electron chi connectivity index (χ2n) is 4.18. The SMILES string of the molecule is O=CC(O)C(OC1OC(CO)C(O)C1O)C(O)CO. The summed E-state index contributed by atoms with van der Waals surface area (Å²) in [6, 6.07) is 0. The van der Waals surface area contributed by atoms with Crippen molar-refractivity contribution in [1.29, 1.82) is 0 Å². The predicted octanol–water partition coefficient (Wildman–Crippen LogP) is -4.28. The van der Waals surface area contributed by atoms with Gasteiger partial charge in [0.2, 0.25) is 0 Å². The topological polar surface area (TPSA) is 157 Å². The fourth-order valence-electron chi connectivity index (χ4n) is 1.71. The van der Waals surface area contributed by atoms with Crippen molar-refractivity contribution >= 4 is 6.29 Å². The van der Waals surface area contributed by atoms with E-state index >= 15 is 0 Å². The minimum Gasteiger partial charge on any atom is -0.394 e. The normalized spacial score (nSPS) is 35.9. The predicted molar refractivity (Wildman–Crippen MR) is 57.8 cm³/mol. The molecule has 112 valence electrons. The molecule has 9 heteroatoms. The number of aliphatic hydroxyl groups excluding tert-OH is 6. The quantitative estimate of drug-likeness (QED) is 0.254. The van der Waals surface area contributed by atoms with Gasteiger partial charge in [0, 0.05) is 0 Å². The molecule has 1 rings (SSSR count). The lowest BCUT2D eigenvalue weighted by Crippen LogP contribution is -2.47. The van der Waals surface area contributed by atoms with Crippen LogP contribution in [0.1, 0.15) is 0 Å². The summed E-state index contributed by atoms with van der Waals surface area (Å²) < 4.78 is 9.96. The number of hydrogen-bond donors (Lipinski definition) is 6. The van der Waals surface area contributed by atoms with Crippen LogP contribution in [0.4, 0.5) is 0 Å². The lowest BCUT2D eigenvalue weighted by Gasteiger charge is -2.27. The third kappa shape index (κ3) is 3.68. The first-order valence-corrected chi connectivity index (χ1v) is 5.66. The minimum absolute atomic E-state index is 0.0881. The van der Waals surface area contributed by atoms with Crippen LogP contribution in [-0.2, 0) is 14.3 Å². The standard InChI is InChI=1S/C10H18O9/c11-1-4(14)9(5(15)2-12)19-10-8(17)7(16)6(3-13)18-10/h1,4-10,12-17H,2-3H2. The van der Waals surface area contributed by atoms with Gasteiger partial charge < -0.3 is 44.9 Å². The summed E-state index contributed by atoms with van der Waals surface area (Å²) in [5.74, 6) is 0. The van der Waals surface area contributed by atoms with Gasteiger partial charge in [0.15, 0.2) is 12.6 Å². The van der Waals surface area contributed by atoms with Gasteiger partial charge >= 0.3 is 0 Å². The van der Waals surface area contributed by atoms with E-state index in [4.69, 9.17) is 19.7 Å². The van der Waals surface area contributed by atoms with Crippen molar-refractivity contribution in [3.8, 4) is 0 Å². The van der Waals surface area contributed by atoms with Crippen molar-refractivity contribution in [2.24, 2.45) is 0 Å². The highest BCUT2D eigenvalue weighted by molar-refractivity contribution is 5.56. The molecule has 0 aromatic heterocycles. The first-order chi connectivity index (χ1) is 8.96. The summed E-state index contributed by atoms with van der Waals surface area (Å²) in [6.45, 7) is -1.36. The fraction of sp³-hybridized carbons (Fsp3) is 0.900. The van der Waals surface area contributed by atoms with Crippen molar-refractivity contribution in [3.05, 3.63) is 0 Å². The molecule has 9 nitrogen and oxygen atoms in total. The lowest BCUT2D eigenvalue weighted by molar-refractivity contribution is -0.230. The molecule has 0 radical (unpaired) electrons. The van der Waals surface area contributed by atoms with Crippen LogP contribution >= 0.6 is 0 Å². The average Bonchev–Trinajstić information content (AvgIpc) is 2.70. The third-order valence-corrected chi connectivity index (χ3v) is 2.83. The molecule has 1 fully saturated rings. The van der Waals surface area contributed by atoms with E-state index < -0.39 is 56.1 Å². The summed E-state index contributed by atoms with van der Waals surface area (Å²) in [6.07, 6.45) is -10.2. The van der Waals surface area contributed by atoms with Gasteiger partial charge in [0.1, 0.15) is 36.6 Å². The zero-order chi connectivity index (χ0) is 14.6. The van der Waals surface area contributed by atoms with Crippen LogP contribution in [0.2, 0.25) is 0 Å². The maximum atomic E-state index is 10.5. The summed E-state index contributed by atoms with van der Waals surface area (Å²) >= 11 is 0. The molecule has 0 spiro atoms. The Morgan fingerprint density at radius 1 is 1.21 bits per heavy atom. The maximum absolute atomic E-state index is 10.5. The average molecular weight is 282 g/mol. The molecule has 0 bridgehead atoms. The number of ether oxygens (including phenoxy) is 2. The summed E-state index contributed by atoms with van der Waals surface area (Å²) in [7, 11) is 0. The molecule has 7 unspecified atom stereocenters. The van der Waals surface area contributed by atoms with Gasteiger partial charge in [-0.15, -0.1) is 0 Å². The van der Waals surface area contributed by atoms with E-state index in [0.29, 0.717) is 0 Å². The first-order valence-electron chi connectivity index (χ1n) is 5.66. The second kappa shape index (κ2) is 7.22. The van der Waals surface area contributed by atoms with Gasteiger partial charge in [-0.05, 0) is 0 Å². The van der Waals surface area contributed by atoms with Gasteiger partial charge in [-0.2, -0.15) is 0 Å². The molecule has 0 aliphatic carbocycles. The summed E-state index contributed by atoms with van der Waals surface area (Å²) in [5, 5.41) is 55.5. The molecule has 1 saturated heterocycles. The highest BCUT2D eigenvalue weighted by Gasteiger charge is 2.45. The van der Waals surface area contributed by atoms with E-state index in [0.717, 1.165) is 0 Å². The zero-order valence-electron chi connectivity index (χ0n) is 9.94. The van der Waals surface area contributed by atoms with Gasteiger partial charge in [0.05, 0.1) is 13.2 Å². The van der Waals surface area contributed by atoms with E-state index in [1.54, 1.807) is 0 Å². The first kappa shape index (κ1) is 16.4. The second-order valence-corrected chi connectivity index (χ2v) is 4.18. The zero-order valence-corrected chi connectivity index (χ0v) is 9.94. The molecule has 6 N–H and O–H groups in total. The Balaban J connectivity index is 2.71. The Hall–Kier alpha value is -0.650. The molecule has 0 saturated carbocycles. The minimum atomic E-state index is -1.75. The Kier molecular flexibility index (Phi) is 6.23. The smallest absolute Gasteiger partial charge is 0.187 e. The molecule has 0 aromatic carbocycles. The van der Waals surface area contributed by atoms with Crippen LogP contribution < -0.4 is 0 Å². The van der Waals surface area contributed by atoms with Gasteiger partial charge in [-0.3, -0.25) is 0 Å². The van der Waals surface area contributed by atoms with Crippen molar-refractivity contribution in [2.75, 3.05) is 13.2 Å². The van der Waals surface area contributed by atoms with Crippen LogP contribution in [0.5, 0.6) is 0 Å². The van der Waals surface area contributed by atoms with E-state index in [2.05, 4.69) is 0 Å². The maximum Gasteiger partial charge on any atom is 0.187 e. The van der Waals surface area contributed by atoms with Crippen molar-refractivity contribution in [1.82, 2.24) is 0 Å². The van der Waals surface area contributed by atoms with Gasteiger partial charge in [-0.25, -0.2) is 0 Å². The Morgan fingerprint density at radius 3 is 2.26 bits per heavy atom. The highest BCUT2D eigenvalue weighted by atomic mass is 16.7. The Labute approximate surface area is 108 Å². The van der Waals surface area contributed by atoms with E-state index in [1.807, 2.05) is 0 Å². The van der Waals surface area contributed by atoms with Crippen LogP contribution in [0.15, 0.2) is 0 Å². The Bertz CT molecular complexity index is 286. The molecular weight excluding hydrogens is 264 g/mol. The number of rotatable bonds is 7. The van der Waals surface area contributed by atoms with Crippen molar-refractivity contribution < 1.29 is 44.9 Å². The number of hydrogen-bond acceptors (Lipinski definition) is 9. The van der Waals surface area contributed by atoms with Crippen LogP contribution in [-0.4, -0.2) is 93.1 Å². The van der Waals surface area contributed by atoms with E-state index in [1.165, 1.54) is 0 Å². The molecule has 7 atom stereocenters. The van der Waals surface area contributed by atoms with Crippen LogP contribution in [0, 0.1) is 0 Å². The molecule has 0 aromatic rings. The molecule has 1 heterocycles. The number of aldehydes is 1. The molecule has 1 aliphatic rings. The fourth-order valence-corrected chi connectivity index (χ4v) is 1.71. The van der Waals surface area contributed by atoms with E-state index in [9.17, 15) is 25.2 Å². The number of carbonyl (C=O) groups is 1. The van der Waals surface area contributed by atoms with E-state index in [-0.39, 0.29) is 6.29 Å². The van der Waals surface area contributed by atoms with Crippen LogP contribution in [0.25, 0.3) is 0 Å². The summed E-state index contributed by atoms with van der Waals surface area (Å²) in [5.41, 5.74) is 0. The molecule has 19 heavy (non-hydrogen) atoms. The largest absolute Gasteiger partial charge is 0.394 e. The number of aliphatic hydroxyl groups is 6. The third-order valence-electron chi connectivity index (χ3n) is 2.83.